The van der Waals surface area contributed by atoms with Gasteiger partial charge in [0.1, 0.15) is 6.26 Å². The van der Waals surface area contributed by atoms with Crippen molar-refractivity contribution >= 4 is 11.6 Å². The molecule has 2 unspecified atom stereocenters. The summed E-state index contributed by atoms with van der Waals surface area (Å²) in [4.78, 5) is 16.8. The fourth-order valence-corrected chi connectivity index (χ4v) is 3.30. The lowest BCUT2D eigenvalue weighted by atomic mass is 9.74. The van der Waals surface area contributed by atoms with Gasteiger partial charge in [-0.3, -0.25) is 4.79 Å². The summed E-state index contributed by atoms with van der Waals surface area (Å²) in [5.74, 6) is 0.402. The molecule has 122 valence electrons. The van der Waals surface area contributed by atoms with E-state index < -0.39 is 5.54 Å². The smallest absolute Gasteiger partial charge is 0.229 e. The SMILES string of the molecule is Cc1ccc(NC(=O)C2CCCCC2(C)N)cc1-c1ncco1. The number of benzene rings is 1. The van der Waals surface area contributed by atoms with Crippen molar-refractivity contribution in [3.8, 4) is 11.5 Å². The Morgan fingerprint density at radius 2 is 2.26 bits per heavy atom. The molecule has 5 nitrogen and oxygen atoms in total. The molecule has 1 saturated carbocycles. The van der Waals surface area contributed by atoms with Crippen LogP contribution in [0.1, 0.15) is 38.2 Å². The van der Waals surface area contributed by atoms with Crippen LogP contribution < -0.4 is 11.1 Å². The molecule has 2 aromatic rings. The number of carbonyl (C=O) groups excluding carboxylic acids is 1. The number of nitrogens with one attached hydrogen (secondary N) is 1. The van der Waals surface area contributed by atoms with E-state index in [4.69, 9.17) is 10.2 Å². The molecule has 1 amide bonds. The van der Waals surface area contributed by atoms with Gasteiger partial charge < -0.3 is 15.5 Å². The maximum Gasteiger partial charge on any atom is 0.229 e. The van der Waals surface area contributed by atoms with Gasteiger partial charge in [0.25, 0.3) is 0 Å². The molecule has 1 aromatic heterocycles. The number of aromatic nitrogens is 1. The average molecular weight is 313 g/mol. The highest BCUT2D eigenvalue weighted by Gasteiger charge is 2.37. The predicted molar refractivity (Wildman–Crippen MR) is 89.9 cm³/mol. The van der Waals surface area contributed by atoms with Gasteiger partial charge in [-0.1, -0.05) is 18.9 Å². The molecule has 1 fully saturated rings. The van der Waals surface area contributed by atoms with E-state index in [2.05, 4.69) is 10.3 Å². The van der Waals surface area contributed by atoms with E-state index in [-0.39, 0.29) is 11.8 Å². The minimum Gasteiger partial charge on any atom is -0.445 e. The van der Waals surface area contributed by atoms with E-state index in [1.54, 1.807) is 12.5 Å². The van der Waals surface area contributed by atoms with Gasteiger partial charge in [-0.25, -0.2) is 4.98 Å². The number of hydrogen-bond acceptors (Lipinski definition) is 4. The zero-order valence-electron chi connectivity index (χ0n) is 13.6. The lowest BCUT2D eigenvalue weighted by Crippen LogP contribution is -2.51. The molecule has 5 heteroatoms. The van der Waals surface area contributed by atoms with Crippen LogP contribution in [0.5, 0.6) is 0 Å². The molecule has 1 aromatic carbocycles. The monoisotopic (exact) mass is 313 g/mol. The standard InChI is InChI=1S/C18H23N3O2/c1-12-6-7-13(11-14(12)17-20-9-10-23-17)21-16(22)15-5-3-4-8-18(15,2)19/h6-7,9-11,15H,3-5,8,19H2,1-2H3,(H,21,22). The third-order valence-corrected chi connectivity index (χ3v) is 4.74. The highest BCUT2D eigenvalue weighted by molar-refractivity contribution is 5.94. The number of carbonyl (C=O) groups is 1. The number of hydrogen-bond donors (Lipinski definition) is 2. The van der Waals surface area contributed by atoms with Crippen molar-refractivity contribution in [2.45, 2.75) is 45.1 Å². The predicted octanol–water partition coefficient (Wildman–Crippen LogP) is 3.50. The maximum absolute atomic E-state index is 12.6. The van der Waals surface area contributed by atoms with Gasteiger partial charge in [-0.05, 0) is 44.4 Å². The van der Waals surface area contributed by atoms with Crippen molar-refractivity contribution < 1.29 is 9.21 Å². The summed E-state index contributed by atoms with van der Waals surface area (Å²) in [6.07, 6.45) is 7.04. The third kappa shape index (κ3) is 3.29. The van der Waals surface area contributed by atoms with Crippen LogP contribution >= 0.6 is 0 Å². The molecule has 0 spiro atoms. The summed E-state index contributed by atoms with van der Waals surface area (Å²) in [6.45, 7) is 3.97. The number of oxazole rings is 1. The van der Waals surface area contributed by atoms with Gasteiger partial charge in [0, 0.05) is 16.8 Å². The van der Waals surface area contributed by atoms with Gasteiger partial charge in [-0.15, -0.1) is 0 Å². The van der Waals surface area contributed by atoms with Crippen LogP contribution in [0.15, 0.2) is 35.1 Å². The second kappa shape index (κ2) is 6.16. The molecule has 1 aliphatic carbocycles. The molecule has 1 aliphatic rings. The van der Waals surface area contributed by atoms with E-state index in [0.29, 0.717) is 5.89 Å². The first-order valence-corrected chi connectivity index (χ1v) is 8.07. The van der Waals surface area contributed by atoms with Crippen LogP contribution in [-0.4, -0.2) is 16.4 Å². The molecule has 0 saturated heterocycles. The number of nitrogens with zero attached hydrogens (tertiary/aromatic N) is 1. The van der Waals surface area contributed by atoms with Crippen LogP contribution in [0, 0.1) is 12.8 Å². The molecular formula is C18H23N3O2. The lowest BCUT2D eigenvalue weighted by Gasteiger charge is -2.37. The first-order valence-electron chi connectivity index (χ1n) is 8.07. The maximum atomic E-state index is 12.6. The third-order valence-electron chi connectivity index (χ3n) is 4.74. The molecule has 3 rings (SSSR count). The fourth-order valence-electron chi connectivity index (χ4n) is 3.30. The Kier molecular flexibility index (Phi) is 4.22. The molecule has 2 atom stereocenters. The first-order chi connectivity index (χ1) is 11.0. The van der Waals surface area contributed by atoms with Crippen LogP contribution in [-0.2, 0) is 4.79 Å². The summed E-state index contributed by atoms with van der Waals surface area (Å²) in [7, 11) is 0. The molecule has 0 aliphatic heterocycles. The zero-order chi connectivity index (χ0) is 16.4. The average Bonchev–Trinajstić information content (AvgIpc) is 3.02. The second-order valence-corrected chi connectivity index (χ2v) is 6.66. The first kappa shape index (κ1) is 15.7. The van der Waals surface area contributed by atoms with E-state index >= 15 is 0 Å². The van der Waals surface area contributed by atoms with Gasteiger partial charge in [0.05, 0.1) is 12.1 Å². The highest BCUT2D eigenvalue weighted by Crippen LogP contribution is 2.33. The van der Waals surface area contributed by atoms with Crippen LogP contribution in [0.25, 0.3) is 11.5 Å². The van der Waals surface area contributed by atoms with Gasteiger partial charge in [-0.2, -0.15) is 0 Å². The van der Waals surface area contributed by atoms with Crippen molar-refractivity contribution in [2.24, 2.45) is 11.7 Å². The molecule has 1 heterocycles. The van der Waals surface area contributed by atoms with Crippen molar-refractivity contribution in [3.63, 3.8) is 0 Å². The summed E-state index contributed by atoms with van der Waals surface area (Å²) in [5, 5.41) is 3.01. The number of nitrogens with two attached hydrogens (primary N) is 1. The van der Waals surface area contributed by atoms with Gasteiger partial charge in [0.2, 0.25) is 11.8 Å². The Morgan fingerprint density at radius 1 is 1.43 bits per heavy atom. The minimum absolute atomic E-state index is 0.00286. The van der Waals surface area contributed by atoms with Crippen molar-refractivity contribution in [1.29, 1.82) is 0 Å². The van der Waals surface area contributed by atoms with Crippen LogP contribution in [0.4, 0.5) is 5.69 Å². The van der Waals surface area contributed by atoms with E-state index in [9.17, 15) is 4.79 Å². The normalized spacial score (nSPS) is 24.4. The number of anilines is 1. The van der Waals surface area contributed by atoms with Gasteiger partial charge in [0.15, 0.2) is 0 Å². The van der Waals surface area contributed by atoms with Crippen LogP contribution in [0.3, 0.4) is 0 Å². The molecular weight excluding hydrogens is 290 g/mol. The quantitative estimate of drug-likeness (QED) is 0.908. The highest BCUT2D eigenvalue weighted by atomic mass is 16.3. The second-order valence-electron chi connectivity index (χ2n) is 6.66. The Morgan fingerprint density at radius 3 is 2.96 bits per heavy atom. The largest absolute Gasteiger partial charge is 0.445 e. The van der Waals surface area contributed by atoms with Crippen molar-refractivity contribution in [3.05, 3.63) is 36.2 Å². The Labute approximate surface area is 136 Å². The fraction of sp³-hybridized carbons (Fsp3) is 0.444. The summed E-state index contributed by atoms with van der Waals surface area (Å²) < 4.78 is 5.37. The topological polar surface area (TPSA) is 81.2 Å². The number of rotatable bonds is 3. The van der Waals surface area contributed by atoms with Crippen molar-refractivity contribution in [2.75, 3.05) is 5.32 Å². The number of amides is 1. The summed E-state index contributed by atoms with van der Waals surface area (Å²) in [5.41, 5.74) is 8.56. The number of aryl methyl sites for hydroxylation is 1. The van der Waals surface area contributed by atoms with E-state index in [1.165, 1.54) is 0 Å². The Bertz CT molecular complexity index is 692. The molecule has 0 bridgehead atoms. The zero-order valence-corrected chi connectivity index (χ0v) is 13.6. The minimum atomic E-state index is -0.432. The summed E-state index contributed by atoms with van der Waals surface area (Å²) >= 11 is 0. The molecule has 0 radical (unpaired) electrons. The Balaban J connectivity index is 1.80. The summed E-state index contributed by atoms with van der Waals surface area (Å²) in [6, 6.07) is 5.75. The molecule has 23 heavy (non-hydrogen) atoms. The van der Waals surface area contributed by atoms with Crippen LogP contribution in [0.2, 0.25) is 0 Å². The van der Waals surface area contributed by atoms with Gasteiger partial charge >= 0.3 is 0 Å². The van der Waals surface area contributed by atoms with E-state index in [1.807, 2.05) is 32.0 Å². The molecule has 3 N–H and O–H groups in total. The van der Waals surface area contributed by atoms with E-state index in [0.717, 1.165) is 42.5 Å². The Hall–Kier alpha value is -2.14. The van der Waals surface area contributed by atoms with Crippen molar-refractivity contribution in [1.82, 2.24) is 4.98 Å². The lowest BCUT2D eigenvalue weighted by molar-refractivity contribution is -0.122.